The van der Waals surface area contributed by atoms with Crippen LogP contribution < -0.4 is 4.89 Å². The average molecular weight is 1120 g/mol. The van der Waals surface area contributed by atoms with E-state index >= 15 is 0 Å². The number of ether oxygens (including phenoxy) is 2. The zero-order chi connectivity index (χ0) is 57.7. The predicted molar refractivity (Wildman–Crippen MR) is 337 cm³/mol. The van der Waals surface area contributed by atoms with Crippen molar-refractivity contribution in [2.24, 2.45) is 0 Å². The molecule has 10 heteroatoms. The van der Waals surface area contributed by atoms with Crippen molar-refractivity contribution < 1.29 is 42.1 Å². The molecule has 0 amide bonds. The number of nitrogens with zero attached hydrogens (tertiary/aromatic N) is 1. The Morgan fingerprint density at radius 2 is 0.722 bits per heavy atom. The second-order valence-corrected chi connectivity index (χ2v) is 24.2. The van der Waals surface area contributed by atoms with Gasteiger partial charge in [0.25, 0.3) is 7.82 Å². The fourth-order valence-corrected chi connectivity index (χ4v) is 9.64. The van der Waals surface area contributed by atoms with E-state index in [1.165, 1.54) is 154 Å². The third-order valence-electron chi connectivity index (χ3n) is 13.9. The van der Waals surface area contributed by atoms with E-state index in [-0.39, 0.29) is 32.0 Å². The molecule has 0 heterocycles. The second-order valence-electron chi connectivity index (χ2n) is 22.8. The maximum Gasteiger partial charge on any atom is 0.306 e. The Morgan fingerprint density at radius 3 is 1.08 bits per heavy atom. The normalized spacial score (nSPS) is 13.8. The van der Waals surface area contributed by atoms with E-state index in [1.54, 1.807) is 0 Å². The fourth-order valence-electron chi connectivity index (χ4n) is 8.91. The number of quaternary nitrogens is 1. The van der Waals surface area contributed by atoms with Crippen molar-refractivity contribution in [3.8, 4) is 0 Å². The van der Waals surface area contributed by atoms with Gasteiger partial charge in [0.2, 0.25) is 0 Å². The number of esters is 2. The average Bonchev–Trinajstić information content (AvgIpc) is 3.41. The lowest BCUT2D eigenvalue weighted by molar-refractivity contribution is -0.870. The molecule has 0 aromatic heterocycles. The van der Waals surface area contributed by atoms with Gasteiger partial charge in [-0.15, -0.1) is 0 Å². The number of hydrogen-bond donors (Lipinski definition) is 0. The number of unbranched alkanes of at least 4 members (excludes halogenated alkanes) is 29. The predicted octanol–water partition coefficient (Wildman–Crippen LogP) is 20.1. The number of phosphoric acid groups is 1. The third-order valence-corrected chi connectivity index (χ3v) is 14.8. The number of hydrogen-bond acceptors (Lipinski definition) is 8. The molecule has 9 nitrogen and oxygen atoms in total. The monoisotopic (exact) mass is 1120 g/mol. The van der Waals surface area contributed by atoms with Gasteiger partial charge in [-0.25, -0.2) is 0 Å². The maximum absolute atomic E-state index is 12.8. The molecule has 2 unspecified atom stereocenters. The van der Waals surface area contributed by atoms with E-state index in [0.29, 0.717) is 17.4 Å². The number of allylic oxidation sites excluding steroid dienone is 16. The maximum atomic E-state index is 12.8. The molecule has 0 spiro atoms. The molecule has 0 aliphatic heterocycles. The van der Waals surface area contributed by atoms with Crippen LogP contribution in [-0.2, 0) is 32.7 Å². The van der Waals surface area contributed by atoms with Gasteiger partial charge in [-0.2, -0.15) is 0 Å². The summed E-state index contributed by atoms with van der Waals surface area (Å²) in [6, 6.07) is 0. The van der Waals surface area contributed by atoms with Gasteiger partial charge in [0.1, 0.15) is 19.8 Å². The van der Waals surface area contributed by atoms with Gasteiger partial charge in [-0.1, -0.05) is 284 Å². The first-order valence-corrected chi connectivity index (χ1v) is 33.9. The van der Waals surface area contributed by atoms with Crippen LogP contribution in [0, 0.1) is 0 Å². The van der Waals surface area contributed by atoms with E-state index in [4.69, 9.17) is 18.5 Å². The summed E-state index contributed by atoms with van der Waals surface area (Å²) >= 11 is 0. The van der Waals surface area contributed by atoms with Crippen LogP contribution >= 0.6 is 7.82 Å². The van der Waals surface area contributed by atoms with Gasteiger partial charge in [-0.3, -0.25) is 14.2 Å². The Balaban J connectivity index is 4.02. The van der Waals surface area contributed by atoms with E-state index in [2.05, 4.69) is 111 Å². The molecule has 0 aromatic rings. The highest BCUT2D eigenvalue weighted by molar-refractivity contribution is 7.45. The molecule has 0 aliphatic rings. The lowest BCUT2D eigenvalue weighted by atomic mass is 10.0. The van der Waals surface area contributed by atoms with Crippen molar-refractivity contribution in [1.82, 2.24) is 0 Å². The van der Waals surface area contributed by atoms with Crippen molar-refractivity contribution in [3.05, 3.63) is 97.2 Å². The summed E-state index contributed by atoms with van der Waals surface area (Å²) in [4.78, 5) is 37.9. The van der Waals surface area contributed by atoms with Gasteiger partial charge in [0.15, 0.2) is 6.10 Å². The Kier molecular flexibility index (Phi) is 57.2. The number of rotatable bonds is 59. The Morgan fingerprint density at radius 1 is 0.405 bits per heavy atom. The summed E-state index contributed by atoms with van der Waals surface area (Å²) in [5.41, 5.74) is 0. The minimum atomic E-state index is -4.64. The highest BCUT2D eigenvalue weighted by Crippen LogP contribution is 2.38. The zero-order valence-electron chi connectivity index (χ0n) is 51.8. The van der Waals surface area contributed by atoms with Crippen LogP contribution in [0.4, 0.5) is 0 Å². The molecule has 79 heavy (non-hydrogen) atoms. The van der Waals surface area contributed by atoms with Crippen LogP contribution in [0.5, 0.6) is 0 Å². The van der Waals surface area contributed by atoms with Crippen molar-refractivity contribution in [2.45, 2.75) is 283 Å². The summed E-state index contributed by atoms with van der Waals surface area (Å²) in [5.74, 6) is -0.826. The van der Waals surface area contributed by atoms with Crippen molar-refractivity contribution in [1.29, 1.82) is 0 Å². The standard InChI is InChI=1S/C69H122NO8P/c1-6-8-10-12-14-16-18-20-22-24-25-26-27-28-29-30-31-32-33-34-35-36-37-38-39-40-41-42-43-44-45-46-48-50-52-54-56-58-60-62-69(72)78-67(66-77-79(73,74)76-64-63-70(3,4)5)65-75-68(71)61-59-57-55-53-51-49-47-23-21-19-17-15-13-11-9-7-2/h8,10,14,16,20,22,25-26,28-29,31-32,34-35,37-38,67H,6-7,9,11-13,15,17-19,21,23-24,27,30,33,36,39-66H2,1-5H3/b10-8-,16-14-,22-20-,26-25-,29-28-,32-31-,35-34-,38-37-. The van der Waals surface area contributed by atoms with Crippen molar-refractivity contribution in [3.63, 3.8) is 0 Å². The van der Waals surface area contributed by atoms with E-state index in [9.17, 15) is 19.0 Å². The summed E-state index contributed by atoms with van der Waals surface area (Å²) < 4.78 is 34.2. The highest BCUT2D eigenvalue weighted by atomic mass is 31.2. The lowest BCUT2D eigenvalue weighted by Crippen LogP contribution is -2.37. The number of likely N-dealkylation sites (N-methyl/N-ethyl adjacent to an activating group) is 1. The molecule has 0 saturated carbocycles. The number of phosphoric ester groups is 1. The van der Waals surface area contributed by atoms with Gasteiger partial charge >= 0.3 is 11.9 Å². The molecule has 0 saturated heterocycles. The Hall–Kier alpha value is -3.07. The fraction of sp³-hybridized carbons (Fsp3) is 0.739. The first-order valence-electron chi connectivity index (χ1n) is 32.4. The molecular weight excluding hydrogens is 1000 g/mol. The molecule has 2 atom stereocenters. The topological polar surface area (TPSA) is 111 Å². The van der Waals surface area contributed by atoms with E-state index < -0.39 is 26.5 Å². The third kappa shape index (κ3) is 64.0. The molecule has 0 radical (unpaired) electrons. The first-order chi connectivity index (χ1) is 38.5. The van der Waals surface area contributed by atoms with Crippen molar-refractivity contribution >= 4 is 19.8 Å². The molecule has 0 N–H and O–H groups in total. The van der Waals surface area contributed by atoms with Crippen molar-refractivity contribution in [2.75, 3.05) is 47.5 Å². The Bertz CT molecular complexity index is 1650. The molecule has 456 valence electrons. The van der Waals surface area contributed by atoms with E-state index in [1.807, 2.05) is 21.1 Å². The summed E-state index contributed by atoms with van der Waals surface area (Å²) in [5, 5.41) is 0. The quantitative estimate of drug-likeness (QED) is 0.0195. The van der Waals surface area contributed by atoms with Crippen LogP contribution in [0.25, 0.3) is 0 Å². The van der Waals surface area contributed by atoms with Gasteiger partial charge in [0, 0.05) is 12.8 Å². The summed E-state index contributed by atoms with van der Waals surface area (Å²) in [6.07, 6.45) is 81.9. The summed E-state index contributed by atoms with van der Waals surface area (Å²) in [7, 11) is 1.17. The lowest BCUT2D eigenvalue weighted by Gasteiger charge is -2.28. The summed E-state index contributed by atoms with van der Waals surface area (Å²) in [6.45, 7) is 4.15. The minimum absolute atomic E-state index is 0.0319. The largest absolute Gasteiger partial charge is 0.756 e. The number of carbonyl (C=O) groups is 2. The molecular formula is C69H122NO8P. The van der Waals surface area contributed by atoms with E-state index in [0.717, 1.165) is 89.9 Å². The van der Waals surface area contributed by atoms with Crippen LogP contribution in [0.3, 0.4) is 0 Å². The molecule has 0 fully saturated rings. The zero-order valence-corrected chi connectivity index (χ0v) is 52.7. The van der Waals surface area contributed by atoms with Crippen LogP contribution in [-0.4, -0.2) is 70.0 Å². The smallest absolute Gasteiger partial charge is 0.306 e. The van der Waals surface area contributed by atoms with Gasteiger partial charge in [-0.05, 0) is 77.0 Å². The Labute approximate surface area is 487 Å². The van der Waals surface area contributed by atoms with Gasteiger partial charge in [0.05, 0.1) is 27.7 Å². The molecule has 0 aromatic carbocycles. The SMILES string of the molecule is CC/C=C\C/C=C\C/C=C\C/C=C\C/C=C\C/C=C\C/C=C\C/C=C\CCCCCCCCCCCCCCCCC(=O)OC(COC(=O)CCCCCCCCCCCCCCCCCC)COP(=O)([O-])OCC[N+](C)(C)C. The molecule has 0 bridgehead atoms. The highest BCUT2D eigenvalue weighted by Gasteiger charge is 2.22. The van der Waals surface area contributed by atoms with Crippen LogP contribution in [0.15, 0.2) is 97.2 Å². The molecule has 0 rings (SSSR count). The second kappa shape index (κ2) is 59.5. The van der Waals surface area contributed by atoms with Crippen LogP contribution in [0.2, 0.25) is 0 Å². The van der Waals surface area contributed by atoms with Crippen LogP contribution in [0.1, 0.15) is 277 Å². The first kappa shape index (κ1) is 75.9. The number of carbonyl (C=O) groups excluding carboxylic acids is 2. The molecule has 0 aliphatic carbocycles. The van der Waals surface area contributed by atoms with Gasteiger partial charge < -0.3 is 27.9 Å². The minimum Gasteiger partial charge on any atom is -0.756 e.